The number of aryl methyl sites for hydroxylation is 1. The summed E-state index contributed by atoms with van der Waals surface area (Å²) in [6, 6.07) is 6.38. The van der Waals surface area contributed by atoms with Crippen LogP contribution in [0.2, 0.25) is 0 Å². The zero-order valence-corrected chi connectivity index (χ0v) is 16.1. The number of rotatable bonds is 8. The van der Waals surface area contributed by atoms with Crippen molar-refractivity contribution >= 4 is 23.2 Å². The molecule has 0 bridgehead atoms. The van der Waals surface area contributed by atoms with Crippen molar-refractivity contribution in [1.82, 2.24) is 15.6 Å². The molecule has 1 aromatic carbocycles. The van der Waals surface area contributed by atoms with Gasteiger partial charge in [0.15, 0.2) is 0 Å². The molecule has 5 nitrogen and oxygen atoms in total. The Hall–Kier alpha value is -2.28. The Morgan fingerprint density at radius 1 is 1.27 bits per heavy atom. The van der Waals surface area contributed by atoms with Gasteiger partial charge in [0.2, 0.25) is 5.91 Å². The monoisotopic (exact) mass is 377 g/mol. The second-order valence-electron chi connectivity index (χ2n) is 6.21. The van der Waals surface area contributed by atoms with Crippen LogP contribution in [0.3, 0.4) is 0 Å². The summed E-state index contributed by atoms with van der Waals surface area (Å²) in [7, 11) is 0. The fourth-order valence-corrected chi connectivity index (χ4v) is 3.35. The fourth-order valence-electron chi connectivity index (χ4n) is 2.33. The molecule has 0 aliphatic rings. The van der Waals surface area contributed by atoms with E-state index in [1.165, 1.54) is 23.5 Å². The molecule has 1 aromatic heterocycles. The number of benzene rings is 1. The Morgan fingerprint density at radius 2 is 1.96 bits per heavy atom. The second kappa shape index (κ2) is 9.43. The number of halogens is 1. The minimum Gasteiger partial charge on any atom is -0.354 e. The van der Waals surface area contributed by atoms with E-state index in [-0.39, 0.29) is 36.6 Å². The third kappa shape index (κ3) is 5.91. The van der Waals surface area contributed by atoms with Gasteiger partial charge < -0.3 is 10.6 Å². The summed E-state index contributed by atoms with van der Waals surface area (Å²) in [4.78, 5) is 29.0. The van der Waals surface area contributed by atoms with Crippen molar-refractivity contribution in [2.24, 2.45) is 0 Å². The molecule has 0 aliphatic carbocycles. The largest absolute Gasteiger partial charge is 0.354 e. The van der Waals surface area contributed by atoms with Crippen molar-refractivity contribution in [2.45, 2.75) is 46.1 Å². The van der Waals surface area contributed by atoms with E-state index in [4.69, 9.17) is 0 Å². The van der Waals surface area contributed by atoms with Crippen LogP contribution in [0.5, 0.6) is 0 Å². The van der Waals surface area contributed by atoms with Gasteiger partial charge in [0, 0.05) is 25.4 Å². The molecule has 140 valence electrons. The lowest BCUT2D eigenvalue weighted by atomic mass is 10.1. The van der Waals surface area contributed by atoms with Gasteiger partial charge in [0.1, 0.15) is 10.7 Å². The van der Waals surface area contributed by atoms with Crippen molar-refractivity contribution in [2.75, 3.05) is 6.54 Å². The van der Waals surface area contributed by atoms with E-state index >= 15 is 0 Å². The molecule has 0 saturated heterocycles. The topological polar surface area (TPSA) is 71.1 Å². The van der Waals surface area contributed by atoms with Gasteiger partial charge in [-0.1, -0.05) is 19.1 Å². The van der Waals surface area contributed by atoms with E-state index in [1.54, 1.807) is 19.1 Å². The number of amides is 2. The SMILES string of the molecule is CCC(C)NC(=O)CCNC(=O)c1sc(Cc2ccc(F)cc2)nc1C. The molecule has 0 aliphatic heterocycles. The van der Waals surface area contributed by atoms with Crippen LogP contribution in [0.1, 0.15) is 52.6 Å². The number of thiazole rings is 1. The molecule has 0 fully saturated rings. The lowest BCUT2D eigenvalue weighted by molar-refractivity contribution is -0.121. The highest BCUT2D eigenvalue weighted by molar-refractivity contribution is 7.13. The number of nitrogens with one attached hydrogen (secondary N) is 2. The maximum absolute atomic E-state index is 13.0. The van der Waals surface area contributed by atoms with Gasteiger partial charge in [0.25, 0.3) is 5.91 Å². The highest BCUT2D eigenvalue weighted by Gasteiger charge is 2.16. The Balaban J connectivity index is 1.88. The van der Waals surface area contributed by atoms with Gasteiger partial charge in [-0.3, -0.25) is 9.59 Å². The first-order chi connectivity index (χ1) is 12.4. The molecule has 0 saturated carbocycles. The van der Waals surface area contributed by atoms with E-state index in [0.29, 0.717) is 17.0 Å². The van der Waals surface area contributed by atoms with Crippen LogP contribution in [0.25, 0.3) is 0 Å². The van der Waals surface area contributed by atoms with Crippen molar-refractivity contribution in [3.8, 4) is 0 Å². The summed E-state index contributed by atoms with van der Waals surface area (Å²) in [5.74, 6) is -0.569. The van der Waals surface area contributed by atoms with Gasteiger partial charge in [-0.15, -0.1) is 11.3 Å². The minimum atomic E-state index is -0.276. The molecule has 7 heteroatoms. The zero-order chi connectivity index (χ0) is 19.1. The van der Waals surface area contributed by atoms with Crippen LogP contribution in [0.15, 0.2) is 24.3 Å². The first-order valence-corrected chi connectivity index (χ1v) is 9.49. The molecule has 0 radical (unpaired) electrons. The molecule has 1 atom stereocenters. The normalized spacial score (nSPS) is 11.8. The number of nitrogens with zero attached hydrogens (tertiary/aromatic N) is 1. The first kappa shape index (κ1) is 20.0. The Labute approximate surface area is 157 Å². The van der Waals surface area contributed by atoms with E-state index in [0.717, 1.165) is 17.0 Å². The van der Waals surface area contributed by atoms with E-state index in [2.05, 4.69) is 15.6 Å². The summed E-state index contributed by atoms with van der Waals surface area (Å²) >= 11 is 1.32. The number of carbonyl (C=O) groups is 2. The molecule has 0 spiro atoms. The molecule has 26 heavy (non-hydrogen) atoms. The first-order valence-electron chi connectivity index (χ1n) is 8.67. The molecule has 2 rings (SSSR count). The lowest BCUT2D eigenvalue weighted by Gasteiger charge is -2.11. The molecule has 2 aromatic rings. The highest BCUT2D eigenvalue weighted by atomic mass is 32.1. The Kier molecular flexibility index (Phi) is 7.26. The van der Waals surface area contributed by atoms with E-state index in [9.17, 15) is 14.0 Å². The smallest absolute Gasteiger partial charge is 0.263 e. The molecule has 1 heterocycles. The highest BCUT2D eigenvalue weighted by Crippen LogP contribution is 2.21. The zero-order valence-electron chi connectivity index (χ0n) is 15.3. The molecule has 2 amide bonds. The van der Waals surface area contributed by atoms with Crippen LogP contribution in [-0.2, 0) is 11.2 Å². The number of hydrogen-bond acceptors (Lipinski definition) is 4. The minimum absolute atomic E-state index is 0.0716. The Morgan fingerprint density at radius 3 is 2.62 bits per heavy atom. The fraction of sp³-hybridized carbons (Fsp3) is 0.421. The number of hydrogen-bond donors (Lipinski definition) is 2. The van der Waals surface area contributed by atoms with Crippen molar-refractivity contribution < 1.29 is 14.0 Å². The van der Waals surface area contributed by atoms with Crippen LogP contribution in [0.4, 0.5) is 4.39 Å². The molecular formula is C19H24FN3O2S. The van der Waals surface area contributed by atoms with Gasteiger partial charge in [-0.2, -0.15) is 0 Å². The number of aromatic nitrogens is 1. The van der Waals surface area contributed by atoms with Crippen LogP contribution >= 0.6 is 11.3 Å². The summed E-state index contributed by atoms with van der Waals surface area (Å²) in [5, 5.41) is 6.43. The molecular weight excluding hydrogens is 353 g/mol. The molecule has 2 N–H and O–H groups in total. The van der Waals surface area contributed by atoms with Crippen molar-refractivity contribution in [1.29, 1.82) is 0 Å². The quantitative estimate of drug-likeness (QED) is 0.742. The molecule has 1 unspecified atom stereocenters. The number of carbonyl (C=O) groups excluding carboxylic acids is 2. The predicted molar refractivity (Wildman–Crippen MR) is 101 cm³/mol. The van der Waals surface area contributed by atoms with Crippen LogP contribution in [0, 0.1) is 12.7 Å². The second-order valence-corrected chi connectivity index (χ2v) is 7.29. The van der Waals surface area contributed by atoms with Gasteiger partial charge in [-0.05, 0) is 38.0 Å². The maximum atomic E-state index is 13.0. The average Bonchev–Trinajstić information content (AvgIpc) is 2.97. The Bertz CT molecular complexity index is 759. The van der Waals surface area contributed by atoms with Gasteiger partial charge in [-0.25, -0.2) is 9.37 Å². The summed E-state index contributed by atoms with van der Waals surface area (Å²) < 4.78 is 13.0. The van der Waals surface area contributed by atoms with Crippen LogP contribution in [-0.4, -0.2) is 29.4 Å². The summed E-state index contributed by atoms with van der Waals surface area (Å²) in [6.45, 7) is 6.02. The van der Waals surface area contributed by atoms with Crippen molar-refractivity contribution in [3.63, 3.8) is 0 Å². The summed E-state index contributed by atoms with van der Waals surface area (Å²) in [6.07, 6.45) is 1.67. The van der Waals surface area contributed by atoms with Gasteiger partial charge >= 0.3 is 0 Å². The van der Waals surface area contributed by atoms with Crippen molar-refractivity contribution in [3.05, 3.63) is 51.2 Å². The average molecular weight is 377 g/mol. The van der Waals surface area contributed by atoms with E-state index in [1.807, 2.05) is 13.8 Å². The lowest BCUT2D eigenvalue weighted by Crippen LogP contribution is -2.35. The standard InChI is InChI=1S/C19H24FN3O2S/c1-4-12(2)22-16(24)9-10-21-19(25)18-13(3)23-17(26-18)11-14-5-7-15(20)8-6-14/h5-8,12H,4,9-11H2,1-3H3,(H,21,25)(H,22,24). The summed E-state index contributed by atoms with van der Waals surface area (Å²) in [5.41, 5.74) is 1.60. The van der Waals surface area contributed by atoms with E-state index < -0.39 is 0 Å². The van der Waals surface area contributed by atoms with Gasteiger partial charge in [0.05, 0.1) is 10.7 Å². The maximum Gasteiger partial charge on any atom is 0.263 e. The third-order valence-corrected chi connectivity index (χ3v) is 5.13. The predicted octanol–water partition coefficient (Wildman–Crippen LogP) is 3.22. The van der Waals surface area contributed by atoms with Crippen LogP contribution < -0.4 is 10.6 Å². The third-order valence-electron chi connectivity index (χ3n) is 3.97.